The predicted molar refractivity (Wildman–Crippen MR) is 115 cm³/mol. The molecule has 150 valence electrons. The van der Waals surface area contributed by atoms with Crippen LogP contribution in [-0.4, -0.2) is 41.9 Å². The van der Waals surface area contributed by atoms with Gasteiger partial charge in [0.05, 0.1) is 0 Å². The van der Waals surface area contributed by atoms with Crippen molar-refractivity contribution in [1.29, 1.82) is 0 Å². The molecular formula is C23H35ClN2O. The summed E-state index contributed by atoms with van der Waals surface area (Å²) in [4.78, 5) is 18.0. The van der Waals surface area contributed by atoms with E-state index in [2.05, 4.69) is 54.0 Å². The quantitative estimate of drug-likeness (QED) is 0.730. The number of rotatable bonds is 3. The zero-order chi connectivity index (χ0) is 18.1. The van der Waals surface area contributed by atoms with Gasteiger partial charge in [-0.25, -0.2) is 0 Å². The summed E-state index contributed by atoms with van der Waals surface area (Å²) in [5.74, 6) is 2.23. The molecule has 1 aliphatic carbocycles. The molecule has 27 heavy (non-hydrogen) atoms. The highest BCUT2D eigenvalue weighted by molar-refractivity contribution is 5.95. The summed E-state index contributed by atoms with van der Waals surface area (Å²) in [7, 11) is 0. The molecule has 2 saturated heterocycles. The van der Waals surface area contributed by atoms with Crippen LogP contribution in [0, 0.1) is 11.8 Å². The van der Waals surface area contributed by atoms with Crippen molar-refractivity contribution in [1.82, 2.24) is 4.90 Å². The average molecular weight is 391 g/mol. The van der Waals surface area contributed by atoms with Crippen LogP contribution in [0.3, 0.4) is 0 Å². The molecule has 0 aromatic heterocycles. The van der Waals surface area contributed by atoms with Gasteiger partial charge in [0.15, 0.2) is 5.78 Å². The molecule has 1 aromatic rings. The van der Waals surface area contributed by atoms with E-state index < -0.39 is 0 Å². The maximum absolute atomic E-state index is 12.9. The number of anilines is 1. The van der Waals surface area contributed by atoms with E-state index in [1.54, 1.807) is 0 Å². The van der Waals surface area contributed by atoms with Crippen LogP contribution in [0.4, 0.5) is 5.69 Å². The van der Waals surface area contributed by atoms with E-state index in [1.165, 1.54) is 31.4 Å². The molecule has 0 bridgehead atoms. The van der Waals surface area contributed by atoms with Crippen molar-refractivity contribution < 1.29 is 4.79 Å². The number of hydrogen-bond donors (Lipinski definition) is 0. The Kier molecular flexibility index (Phi) is 6.53. The molecule has 0 N–H and O–H groups in total. The van der Waals surface area contributed by atoms with Crippen LogP contribution in [0.2, 0.25) is 0 Å². The Morgan fingerprint density at radius 3 is 2.19 bits per heavy atom. The fraction of sp³-hybridized carbons (Fsp3) is 0.696. The van der Waals surface area contributed by atoms with Crippen LogP contribution < -0.4 is 4.90 Å². The first-order chi connectivity index (χ1) is 12.6. The Balaban J connectivity index is 0.00000210. The molecule has 4 rings (SSSR count). The second-order valence-electron chi connectivity index (χ2n) is 9.04. The first-order valence-electron chi connectivity index (χ1n) is 10.7. The van der Waals surface area contributed by atoms with E-state index in [4.69, 9.17) is 0 Å². The first kappa shape index (κ1) is 20.7. The van der Waals surface area contributed by atoms with E-state index >= 15 is 0 Å². The smallest absolute Gasteiger partial charge is 0.160 e. The number of benzene rings is 1. The average Bonchev–Trinajstić information content (AvgIpc) is 2.99. The number of carbonyl (C=O) groups excluding carboxylic acids is 1. The molecule has 0 unspecified atom stereocenters. The van der Waals surface area contributed by atoms with Crippen molar-refractivity contribution in [2.24, 2.45) is 11.8 Å². The summed E-state index contributed by atoms with van der Waals surface area (Å²) in [5.41, 5.74) is 0.997. The SMILES string of the molecule is CC(C)[C@H]1CC[C@H](N2CCC3(CC2)C(=O)CCN3c2ccccc2)CC1.Cl. The number of Topliss-reactive ketones (excluding diaryl/α,β-unsaturated/α-hetero) is 1. The Labute approximate surface area is 170 Å². The van der Waals surface area contributed by atoms with E-state index in [1.807, 2.05) is 0 Å². The van der Waals surface area contributed by atoms with Crippen LogP contribution in [0.5, 0.6) is 0 Å². The zero-order valence-corrected chi connectivity index (χ0v) is 17.7. The van der Waals surface area contributed by atoms with Gasteiger partial charge in [-0.3, -0.25) is 4.79 Å². The van der Waals surface area contributed by atoms with Crippen LogP contribution in [0.15, 0.2) is 30.3 Å². The van der Waals surface area contributed by atoms with Crippen LogP contribution in [0.25, 0.3) is 0 Å². The second-order valence-corrected chi connectivity index (χ2v) is 9.04. The Morgan fingerprint density at radius 1 is 0.963 bits per heavy atom. The summed E-state index contributed by atoms with van der Waals surface area (Å²) in [5, 5.41) is 0. The lowest BCUT2D eigenvalue weighted by Crippen LogP contribution is -2.57. The largest absolute Gasteiger partial charge is 0.358 e. The van der Waals surface area contributed by atoms with Crippen molar-refractivity contribution in [3.05, 3.63) is 30.3 Å². The predicted octanol–water partition coefficient (Wildman–Crippen LogP) is 4.94. The third-order valence-electron chi connectivity index (χ3n) is 7.49. The molecule has 3 aliphatic rings. The molecule has 0 radical (unpaired) electrons. The van der Waals surface area contributed by atoms with E-state index in [-0.39, 0.29) is 17.9 Å². The maximum atomic E-state index is 12.9. The van der Waals surface area contributed by atoms with Crippen molar-refractivity contribution in [2.45, 2.75) is 70.4 Å². The molecule has 3 fully saturated rings. The standard InChI is InChI=1S/C23H34N2O.ClH/c1-18(2)19-8-10-20(11-9-19)24-16-13-23(14-17-24)22(26)12-15-25(23)21-6-4-3-5-7-21;/h3-7,18-20H,8-17H2,1-2H3;1H/t19-,20-;. The maximum Gasteiger partial charge on any atom is 0.160 e. The molecule has 2 heterocycles. The number of carbonyl (C=O) groups is 1. The summed E-state index contributed by atoms with van der Waals surface area (Å²) in [6.07, 6.45) is 8.21. The molecule has 1 spiro atoms. The lowest BCUT2D eigenvalue weighted by molar-refractivity contribution is -0.123. The van der Waals surface area contributed by atoms with E-state index in [0.29, 0.717) is 12.2 Å². The fourth-order valence-electron chi connectivity index (χ4n) is 5.74. The minimum Gasteiger partial charge on any atom is -0.358 e. The van der Waals surface area contributed by atoms with Crippen molar-refractivity contribution in [2.75, 3.05) is 24.5 Å². The summed E-state index contributed by atoms with van der Waals surface area (Å²) < 4.78 is 0. The van der Waals surface area contributed by atoms with Gasteiger partial charge in [0, 0.05) is 37.8 Å². The number of nitrogens with zero attached hydrogens (tertiary/aromatic N) is 2. The Morgan fingerprint density at radius 2 is 1.59 bits per heavy atom. The molecule has 2 aliphatic heterocycles. The topological polar surface area (TPSA) is 23.6 Å². The van der Waals surface area contributed by atoms with E-state index in [0.717, 1.165) is 50.4 Å². The van der Waals surface area contributed by atoms with Crippen molar-refractivity contribution >= 4 is 23.9 Å². The van der Waals surface area contributed by atoms with Crippen LogP contribution in [-0.2, 0) is 4.79 Å². The van der Waals surface area contributed by atoms with Gasteiger partial charge in [0.1, 0.15) is 5.54 Å². The van der Waals surface area contributed by atoms with Gasteiger partial charge in [-0.05, 0) is 62.5 Å². The zero-order valence-electron chi connectivity index (χ0n) is 16.9. The van der Waals surface area contributed by atoms with Crippen LogP contribution >= 0.6 is 12.4 Å². The van der Waals surface area contributed by atoms with Crippen LogP contribution in [0.1, 0.15) is 58.8 Å². The van der Waals surface area contributed by atoms with Gasteiger partial charge >= 0.3 is 0 Å². The van der Waals surface area contributed by atoms with Crippen molar-refractivity contribution in [3.8, 4) is 0 Å². The Hall–Kier alpha value is -1.06. The van der Waals surface area contributed by atoms with Gasteiger partial charge in [-0.15, -0.1) is 12.4 Å². The normalized spacial score (nSPS) is 28.6. The van der Waals surface area contributed by atoms with Gasteiger partial charge in [-0.2, -0.15) is 0 Å². The summed E-state index contributed by atoms with van der Waals surface area (Å²) in [6, 6.07) is 11.3. The third kappa shape index (κ3) is 3.91. The lowest BCUT2D eigenvalue weighted by atomic mass is 9.77. The molecule has 0 amide bonds. The highest BCUT2D eigenvalue weighted by atomic mass is 35.5. The Bertz CT molecular complexity index is 617. The fourth-order valence-corrected chi connectivity index (χ4v) is 5.74. The summed E-state index contributed by atoms with van der Waals surface area (Å²) >= 11 is 0. The van der Waals surface area contributed by atoms with Gasteiger partial charge < -0.3 is 9.80 Å². The number of hydrogen-bond acceptors (Lipinski definition) is 3. The minimum absolute atomic E-state index is 0. The third-order valence-corrected chi connectivity index (χ3v) is 7.49. The molecule has 4 heteroatoms. The summed E-state index contributed by atoms with van der Waals surface area (Å²) in [6.45, 7) is 7.82. The monoisotopic (exact) mass is 390 g/mol. The van der Waals surface area contributed by atoms with E-state index in [9.17, 15) is 4.79 Å². The number of para-hydroxylation sites is 1. The number of ketones is 1. The van der Waals surface area contributed by atoms with Gasteiger partial charge in [-0.1, -0.05) is 32.0 Å². The molecule has 3 nitrogen and oxygen atoms in total. The molecule has 0 atom stereocenters. The lowest BCUT2D eigenvalue weighted by Gasteiger charge is -2.48. The first-order valence-corrected chi connectivity index (χ1v) is 10.7. The van der Waals surface area contributed by atoms with Crippen molar-refractivity contribution in [3.63, 3.8) is 0 Å². The number of likely N-dealkylation sites (tertiary alicyclic amines) is 1. The van der Waals surface area contributed by atoms with Gasteiger partial charge in [0.25, 0.3) is 0 Å². The second kappa shape index (κ2) is 8.53. The number of halogens is 1. The molecule has 1 saturated carbocycles. The highest BCUT2D eigenvalue weighted by Gasteiger charge is 2.50. The molecular weight excluding hydrogens is 356 g/mol. The van der Waals surface area contributed by atoms with Gasteiger partial charge in [0.2, 0.25) is 0 Å². The molecule has 1 aromatic carbocycles. The minimum atomic E-state index is -0.229. The highest BCUT2D eigenvalue weighted by Crippen LogP contribution is 2.41. The number of piperidine rings is 1.